The van der Waals surface area contributed by atoms with Crippen LogP contribution < -0.4 is 16.4 Å². The molecular formula is C23H34N4O6S. The van der Waals surface area contributed by atoms with Crippen molar-refractivity contribution in [2.24, 2.45) is 11.7 Å². The summed E-state index contributed by atoms with van der Waals surface area (Å²) in [5, 5.41) is 24.3. The number of likely N-dealkylation sites (tertiary alicyclic amines) is 1. The molecule has 1 fully saturated rings. The lowest BCUT2D eigenvalue weighted by molar-refractivity contribution is -0.146. The Morgan fingerprint density at radius 2 is 1.85 bits per heavy atom. The van der Waals surface area contributed by atoms with Crippen LogP contribution in [0.2, 0.25) is 0 Å². The second kappa shape index (κ2) is 12.6. The fraction of sp³-hybridized carbons (Fsp3) is 0.565. The molecule has 0 radical (unpaired) electrons. The third kappa shape index (κ3) is 7.10. The molecule has 0 aliphatic carbocycles. The number of aromatic hydroxyl groups is 1. The summed E-state index contributed by atoms with van der Waals surface area (Å²) in [6.07, 6.45) is 1.65. The van der Waals surface area contributed by atoms with Gasteiger partial charge in [0, 0.05) is 18.7 Å². The van der Waals surface area contributed by atoms with Gasteiger partial charge in [0.05, 0.1) is 6.04 Å². The summed E-state index contributed by atoms with van der Waals surface area (Å²) in [6, 6.07) is 2.42. The molecule has 6 N–H and O–H groups in total. The number of benzene rings is 1. The van der Waals surface area contributed by atoms with Crippen LogP contribution in [-0.4, -0.2) is 75.3 Å². The lowest BCUT2D eigenvalue weighted by atomic mass is 9.98. The summed E-state index contributed by atoms with van der Waals surface area (Å²) >= 11 is 4.03. The molecule has 188 valence electrons. The summed E-state index contributed by atoms with van der Waals surface area (Å²) in [5.41, 5.74) is 6.46. The molecule has 2 rings (SSSR count). The van der Waals surface area contributed by atoms with E-state index in [0.29, 0.717) is 31.4 Å². The number of aliphatic carboxylic acids is 1. The van der Waals surface area contributed by atoms with Crippen molar-refractivity contribution in [3.8, 4) is 5.75 Å². The molecule has 3 amide bonds. The van der Waals surface area contributed by atoms with E-state index in [1.165, 1.54) is 17.0 Å². The zero-order valence-electron chi connectivity index (χ0n) is 19.4. The first-order chi connectivity index (χ1) is 16.1. The molecule has 0 spiro atoms. The van der Waals surface area contributed by atoms with E-state index in [4.69, 9.17) is 5.73 Å². The zero-order chi connectivity index (χ0) is 25.4. The summed E-state index contributed by atoms with van der Waals surface area (Å²) < 4.78 is 0. The third-order valence-corrected chi connectivity index (χ3v) is 6.53. The molecule has 5 unspecified atom stereocenters. The van der Waals surface area contributed by atoms with Gasteiger partial charge in [-0.05, 0) is 36.5 Å². The second-order valence-corrected chi connectivity index (χ2v) is 8.99. The average molecular weight is 495 g/mol. The Balaban J connectivity index is 2.23. The first-order valence-corrected chi connectivity index (χ1v) is 12.0. The van der Waals surface area contributed by atoms with Crippen LogP contribution in [0.4, 0.5) is 0 Å². The van der Waals surface area contributed by atoms with Gasteiger partial charge in [0.15, 0.2) is 0 Å². The van der Waals surface area contributed by atoms with Gasteiger partial charge in [-0.25, -0.2) is 4.79 Å². The molecule has 1 aliphatic heterocycles. The SMILES string of the molecule is CCC(C)C(NC(=O)C1CCCN1C(=O)C(Cc1ccc(O)cc1)NC(=O)C(N)CS)C(=O)O. The molecule has 0 bridgehead atoms. The van der Waals surface area contributed by atoms with Crippen LogP contribution in [0, 0.1) is 5.92 Å². The van der Waals surface area contributed by atoms with Gasteiger partial charge in [0.1, 0.15) is 23.9 Å². The maximum atomic E-state index is 13.5. The average Bonchev–Trinajstić information content (AvgIpc) is 3.31. The van der Waals surface area contributed by atoms with Crippen LogP contribution >= 0.6 is 12.6 Å². The number of hydrogen-bond donors (Lipinski definition) is 6. The van der Waals surface area contributed by atoms with Gasteiger partial charge in [-0.15, -0.1) is 0 Å². The zero-order valence-corrected chi connectivity index (χ0v) is 20.3. The van der Waals surface area contributed by atoms with Crippen LogP contribution in [0.3, 0.4) is 0 Å². The van der Waals surface area contributed by atoms with E-state index in [1.54, 1.807) is 19.1 Å². The molecule has 10 nitrogen and oxygen atoms in total. The van der Waals surface area contributed by atoms with Crippen LogP contribution in [0.1, 0.15) is 38.7 Å². The maximum absolute atomic E-state index is 13.5. The second-order valence-electron chi connectivity index (χ2n) is 8.62. The van der Waals surface area contributed by atoms with Gasteiger partial charge >= 0.3 is 5.97 Å². The Kier molecular flexibility index (Phi) is 10.2. The normalized spacial score (nSPS) is 19.1. The van der Waals surface area contributed by atoms with Crippen molar-refractivity contribution >= 4 is 36.3 Å². The van der Waals surface area contributed by atoms with Crippen molar-refractivity contribution in [2.45, 2.75) is 63.7 Å². The molecular weight excluding hydrogens is 460 g/mol. The lowest BCUT2D eigenvalue weighted by Gasteiger charge is -2.30. The van der Waals surface area contributed by atoms with Crippen molar-refractivity contribution in [2.75, 3.05) is 12.3 Å². The van der Waals surface area contributed by atoms with Crippen molar-refractivity contribution in [3.05, 3.63) is 29.8 Å². The number of rotatable bonds is 11. The largest absolute Gasteiger partial charge is 0.508 e. The number of thiol groups is 1. The van der Waals surface area contributed by atoms with E-state index in [1.807, 2.05) is 6.92 Å². The molecule has 1 aromatic carbocycles. The Bertz CT molecular complexity index is 881. The van der Waals surface area contributed by atoms with E-state index in [0.717, 1.165) is 0 Å². The van der Waals surface area contributed by atoms with E-state index >= 15 is 0 Å². The highest BCUT2D eigenvalue weighted by Crippen LogP contribution is 2.21. The highest BCUT2D eigenvalue weighted by molar-refractivity contribution is 7.80. The Morgan fingerprint density at radius 1 is 1.21 bits per heavy atom. The molecule has 1 heterocycles. The number of phenolic OH excluding ortho intramolecular Hbond substituents is 1. The monoisotopic (exact) mass is 494 g/mol. The van der Waals surface area contributed by atoms with Crippen molar-refractivity contribution in [1.82, 2.24) is 15.5 Å². The number of nitrogens with two attached hydrogens (primary N) is 1. The number of carbonyl (C=O) groups is 4. The predicted octanol–water partition coefficient (Wildman–Crippen LogP) is 0.283. The van der Waals surface area contributed by atoms with Gasteiger partial charge in [-0.2, -0.15) is 12.6 Å². The van der Waals surface area contributed by atoms with Gasteiger partial charge in [0.2, 0.25) is 17.7 Å². The van der Waals surface area contributed by atoms with Crippen LogP contribution in [0.25, 0.3) is 0 Å². The lowest BCUT2D eigenvalue weighted by Crippen LogP contribution is -2.58. The van der Waals surface area contributed by atoms with Gasteiger partial charge in [-0.1, -0.05) is 32.4 Å². The number of amides is 3. The van der Waals surface area contributed by atoms with E-state index in [2.05, 4.69) is 23.3 Å². The highest BCUT2D eigenvalue weighted by Gasteiger charge is 2.39. The number of phenols is 1. The fourth-order valence-electron chi connectivity index (χ4n) is 3.87. The standard InChI is InChI=1S/C23H34N4O6S/c1-3-13(2)19(23(32)33)26-21(30)18-5-4-10-27(18)22(31)17(25-20(29)16(24)12-34)11-14-6-8-15(28)9-7-14/h6-9,13,16-19,28,34H,3-5,10-12,24H2,1-2H3,(H,25,29)(H,26,30)(H,32,33). The predicted molar refractivity (Wildman–Crippen MR) is 129 cm³/mol. The first kappa shape index (κ1) is 27.5. The quantitative estimate of drug-likeness (QED) is 0.241. The Hall–Kier alpha value is -2.79. The van der Waals surface area contributed by atoms with Crippen molar-refractivity contribution in [3.63, 3.8) is 0 Å². The number of nitrogens with zero attached hydrogens (tertiary/aromatic N) is 1. The highest BCUT2D eigenvalue weighted by atomic mass is 32.1. The van der Waals surface area contributed by atoms with E-state index in [9.17, 15) is 29.4 Å². The molecule has 0 aromatic heterocycles. The number of carboxylic acids is 1. The van der Waals surface area contributed by atoms with E-state index in [-0.39, 0.29) is 23.8 Å². The molecule has 1 saturated heterocycles. The minimum atomic E-state index is -1.13. The topological polar surface area (TPSA) is 162 Å². The number of carbonyl (C=O) groups excluding carboxylic acids is 3. The minimum absolute atomic E-state index is 0.0679. The number of hydrogen-bond acceptors (Lipinski definition) is 7. The first-order valence-electron chi connectivity index (χ1n) is 11.4. The fourth-order valence-corrected chi connectivity index (χ4v) is 4.03. The summed E-state index contributed by atoms with van der Waals surface area (Å²) in [7, 11) is 0. The number of carboxylic acid groups (broad SMARTS) is 1. The summed E-state index contributed by atoms with van der Waals surface area (Å²) in [6.45, 7) is 3.88. The molecule has 11 heteroatoms. The van der Waals surface area contributed by atoms with Gasteiger partial charge < -0.3 is 31.5 Å². The van der Waals surface area contributed by atoms with E-state index < -0.39 is 47.9 Å². The van der Waals surface area contributed by atoms with Crippen LogP contribution in [0.5, 0.6) is 5.75 Å². The third-order valence-electron chi connectivity index (χ3n) is 6.14. The summed E-state index contributed by atoms with van der Waals surface area (Å²) in [4.78, 5) is 51.9. The molecule has 0 saturated carbocycles. The van der Waals surface area contributed by atoms with Crippen LogP contribution in [-0.2, 0) is 25.6 Å². The Morgan fingerprint density at radius 3 is 2.41 bits per heavy atom. The van der Waals surface area contributed by atoms with Gasteiger partial charge in [0.25, 0.3) is 0 Å². The summed E-state index contributed by atoms with van der Waals surface area (Å²) in [5.74, 6) is -2.78. The molecule has 34 heavy (non-hydrogen) atoms. The molecule has 1 aliphatic rings. The molecule has 5 atom stereocenters. The Labute approximate surface area is 204 Å². The molecule has 1 aromatic rings. The van der Waals surface area contributed by atoms with Crippen LogP contribution in [0.15, 0.2) is 24.3 Å². The number of nitrogens with one attached hydrogen (secondary N) is 2. The van der Waals surface area contributed by atoms with Gasteiger partial charge in [-0.3, -0.25) is 14.4 Å². The minimum Gasteiger partial charge on any atom is -0.508 e. The van der Waals surface area contributed by atoms with Crippen molar-refractivity contribution in [1.29, 1.82) is 0 Å². The van der Waals surface area contributed by atoms with Crippen molar-refractivity contribution < 1.29 is 29.4 Å². The maximum Gasteiger partial charge on any atom is 0.326 e. The smallest absolute Gasteiger partial charge is 0.326 e.